The van der Waals surface area contributed by atoms with Crippen LogP contribution in [0.1, 0.15) is 36.8 Å². The number of hydrogen-bond acceptors (Lipinski definition) is 6. The van der Waals surface area contributed by atoms with Crippen LogP contribution in [0.2, 0.25) is 0 Å². The van der Waals surface area contributed by atoms with E-state index in [1.165, 1.54) is 11.3 Å². The SMILES string of the molecule is CCc1nc(C(F)(F)F)nc2nc(N3CCC[C@@H]3C(=O)NCc3ccccc3)sc12. The monoisotopic (exact) mass is 435 g/mol. The second kappa shape index (κ2) is 8.17. The summed E-state index contributed by atoms with van der Waals surface area (Å²) in [6.07, 6.45) is -2.82. The molecule has 10 heteroatoms. The third-order valence-electron chi connectivity index (χ3n) is 5.01. The second-order valence-corrected chi connectivity index (χ2v) is 8.03. The number of aryl methyl sites for hydroxylation is 1. The molecule has 1 N–H and O–H groups in total. The van der Waals surface area contributed by atoms with E-state index in [0.29, 0.717) is 41.5 Å². The van der Waals surface area contributed by atoms with Crippen molar-refractivity contribution in [2.24, 2.45) is 0 Å². The van der Waals surface area contributed by atoms with Crippen molar-refractivity contribution in [2.75, 3.05) is 11.4 Å². The van der Waals surface area contributed by atoms with E-state index in [9.17, 15) is 18.0 Å². The number of aromatic nitrogens is 3. The van der Waals surface area contributed by atoms with Crippen molar-refractivity contribution in [2.45, 2.75) is 44.9 Å². The van der Waals surface area contributed by atoms with E-state index in [-0.39, 0.29) is 11.6 Å². The van der Waals surface area contributed by atoms with E-state index < -0.39 is 18.0 Å². The Morgan fingerprint density at radius 1 is 1.23 bits per heavy atom. The maximum atomic E-state index is 13.1. The summed E-state index contributed by atoms with van der Waals surface area (Å²) in [5, 5.41) is 3.45. The van der Waals surface area contributed by atoms with Crippen LogP contribution in [0.15, 0.2) is 30.3 Å². The Labute approximate surface area is 175 Å². The standard InChI is InChI=1S/C20H20F3N5OS/c1-2-13-15-16(26-18(25-13)20(21,22)23)27-19(30-15)28-10-6-9-14(28)17(29)24-11-12-7-4-3-5-8-12/h3-5,7-8,14H,2,6,9-11H2,1H3,(H,24,29)/t14-/m1/s1. The highest BCUT2D eigenvalue weighted by atomic mass is 32.1. The van der Waals surface area contributed by atoms with Gasteiger partial charge in [-0.2, -0.15) is 18.2 Å². The summed E-state index contributed by atoms with van der Waals surface area (Å²) < 4.78 is 39.9. The van der Waals surface area contributed by atoms with Gasteiger partial charge in [0.15, 0.2) is 10.8 Å². The number of carbonyl (C=O) groups excluding carboxylic acids is 1. The van der Waals surface area contributed by atoms with Crippen LogP contribution in [0.25, 0.3) is 10.3 Å². The van der Waals surface area contributed by atoms with Crippen molar-refractivity contribution in [3.05, 3.63) is 47.4 Å². The molecule has 1 aliphatic heterocycles. The first-order valence-corrected chi connectivity index (χ1v) is 10.5. The van der Waals surface area contributed by atoms with Gasteiger partial charge in [-0.25, -0.2) is 9.97 Å². The van der Waals surface area contributed by atoms with E-state index in [1.54, 1.807) is 6.92 Å². The van der Waals surface area contributed by atoms with Crippen LogP contribution in [0.4, 0.5) is 18.3 Å². The predicted molar refractivity (Wildman–Crippen MR) is 108 cm³/mol. The van der Waals surface area contributed by atoms with E-state index in [2.05, 4.69) is 20.3 Å². The zero-order valence-corrected chi connectivity index (χ0v) is 17.1. The topological polar surface area (TPSA) is 71.0 Å². The van der Waals surface area contributed by atoms with Crippen molar-refractivity contribution in [1.29, 1.82) is 0 Å². The van der Waals surface area contributed by atoms with Crippen molar-refractivity contribution < 1.29 is 18.0 Å². The molecule has 0 spiro atoms. The van der Waals surface area contributed by atoms with Crippen molar-refractivity contribution in [3.8, 4) is 0 Å². The van der Waals surface area contributed by atoms with E-state index >= 15 is 0 Å². The molecule has 1 amide bonds. The number of fused-ring (bicyclic) bond motifs is 1. The van der Waals surface area contributed by atoms with Gasteiger partial charge in [0.2, 0.25) is 11.7 Å². The Balaban J connectivity index is 1.58. The van der Waals surface area contributed by atoms with Gasteiger partial charge in [-0.15, -0.1) is 0 Å². The fourth-order valence-corrected chi connectivity index (χ4v) is 4.67. The molecule has 0 saturated carbocycles. The van der Waals surface area contributed by atoms with Gasteiger partial charge < -0.3 is 10.2 Å². The number of amides is 1. The summed E-state index contributed by atoms with van der Waals surface area (Å²) in [5.41, 5.74) is 1.35. The first-order valence-electron chi connectivity index (χ1n) is 9.69. The summed E-state index contributed by atoms with van der Waals surface area (Å²) in [6.45, 7) is 2.78. The smallest absolute Gasteiger partial charge is 0.350 e. The van der Waals surface area contributed by atoms with Crippen LogP contribution in [0, 0.1) is 0 Å². The van der Waals surface area contributed by atoms with Crippen LogP contribution in [-0.2, 0) is 23.9 Å². The summed E-state index contributed by atoms with van der Waals surface area (Å²) in [7, 11) is 0. The summed E-state index contributed by atoms with van der Waals surface area (Å²) in [6, 6.07) is 9.19. The Morgan fingerprint density at radius 2 is 2.00 bits per heavy atom. The first-order chi connectivity index (χ1) is 14.4. The minimum Gasteiger partial charge on any atom is -0.350 e. The number of anilines is 1. The number of benzene rings is 1. The first kappa shape index (κ1) is 20.5. The van der Waals surface area contributed by atoms with E-state index in [4.69, 9.17) is 0 Å². The molecular weight excluding hydrogens is 415 g/mol. The van der Waals surface area contributed by atoms with Crippen LogP contribution in [-0.4, -0.2) is 33.4 Å². The lowest BCUT2D eigenvalue weighted by atomic mass is 10.2. The molecule has 6 nitrogen and oxygen atoms in total. The van der Waals surface area contributed by atoms with Gasteiger partial charge in [-0.05, 0) is 24.8 Å². The quantitative estimate of drug-likeness (QED) is 0.657. The molecule has 3 aromatic rings. The summed E-state index contributed by atoms with van der Waals surface area (Å²) >= 11 is 1.24. The highest BCUT2D eigenvalue weighted by Gasteiger charge is 2.37. The minimum absolute atomic E-state index is 0.0320. The van der Waals surface area contributed by atoms with Gasteiger partial charge in [0, 0.05) is 13.1 Å². The number of nitrogens with zero attached hydrogens (tertiary/aromatic N) is 4. The van der Waals surface area contributed by atoms with Crippen LogP contribution in [0.5, 0.6) is 0 Å². The molecule has 0 bridgehead atoms. The maximum absolute atomic E-state index is 13.1. The predicted octanol–water partition coefficient (Wildman–Crippen LogP) is 3.95. The normalized spacial score (nSPS) is 16.9. The average molecular weight is 435 g/mol. The molecule has 4 rings (SSSR count). The van der Waals surface area contributed by atoms with Crippen molar-refractivity contribution in [1.82, 2.24) is 20.3 Å². The molecule has 0 aliphatic carbocycles. The lowest BCUT2D eigenvalue weighted by Crippen LogP contribution is -2.43. The third-order valence-corrected chi connectivity index (χ3v) is 6.14. The number of carbonyl (C=O) groups is 1. The van der Waals surface area contributed by atoms with Gasteiger partial charge >= 0.3 is 6.18 Å². The van der Waals surface area contributed by atoms with E-state index in [0.717, 1.165) is 12.0 Å². The van der Waals surface area contributed by atoms with Crippen LogP contribution < -0.4 is 10.2 Å². The molecule has 1 aromatic carbocycles. The fourth-order valence-electron chi connectivity index (χ4n) is 3.53. The molecule has 0 radical (unpaired) electrons. The fraction of sp³-hybridized carbons (Fsp3) is 0.400. The second-order valence-electron chi connectivity index (χ2n) is 7.05. The number of rotatable bonds is 5. The molecule has 1 fully saturated rings. The Kier molecular flexibility index (Phi) is 5.59. The van der Waals surface area contributed by atoms with Crippen molar-refractivity contribution >= 4 is 32.7 Å². The number of nitrogens with one attached hydrogen (secondary N) is 1. The summed E-state index contributed by atoms with van der Waals surface area (Å²) in [5.74, 6) is -1.30. The maximum Gasteiger partial charge on any atom is 0.451 e. The van der Waals surface area contributed by atoms with Gasteiger partial charge in [-0.3, -0.25) is 4.79 Å². The Bertz CT molecular complexity index is 1050. The zero-order chi connectivity index (χ0) is 21.3. The zero-order valence-electron chi connectivity index (χ0n) is 16.2. The van der Waals surface area contributed by atoms with Gasteiger partial charge in [-0.1, -0.05) is 48.6 Å². The number of halogens is 3. The van der Waals surface area contributed by atoms with Gasteiger partial charge in [0.05, 0.1) is 10.4 Å². The number of alkyl halides is 3. The van der Waals surface area contributed by atoms with E-state index in [1.807, 2.05) is 35.2 Å². The molecule has 1 atom stereocenters. The summed E-state index contributed by atoms with van der Waals surface area (Å²) in [4.78, 5) is 26.3. The van der Waals surface area contributed by atoms with Crippen molar-refractivity contribution in [3.63, 3.8) is 0 Å². The number of thiazole rings is 1. The molecule has 158 valence electrons. The lowest BCUT2D eigenvalue weighted by Gasteiger charge is -2.23. The van der Waals surface area contributed by atoms with Crippen LogP contribution >= 0.6 is 11.3 Å². The molecule has 1 aliphatic rings. The Hall–Kier alpha value is -2.75. The van der Waals surface area contributed by atoms with Crippen LogP contribution in [0.3, 0.4) is 0 Å². The number of hydrogen-bond donors (Lipinski definition) is 1. The van der Waals surface area contributed by atoms with Gasteiger partial charge in [0.25, 0.3) is 0 Å². The lowest BCUT2D eigenvalue weighted by molar-refractivity contribution is -0.144. The highest BCUT2D eigenvalue weighted by Crippen LogP contribution is 2.36. The average Bonchev–Trinajstić information content (AvgIpc) is 3.38. The Morgan fingerprint density at radius 3 is 2.70 bits per heavy atom. The largest absolute Gasteiger partial charge is 0.451 e. The molecule has 1 saturated heterocycles. The highest BCUT2D eigenvalue weighted by molar-refractivity contribution is 7.22. The molecule has 0 unspecified atom stereocenters. The molecule has 2 aromatic heterocycles. The molecule has 30 heavy (non-hydrogen) atoms. The molecule has 3 heterocycles. The third kappa shape index (κ3) is 4.09. The molecular formula is C20H20F3N5OS. The minimum atomic E-state index is -4.63. The van der Waals surface area contributed by atoms with Gasteiger partial charge in [0.1, 0.15) is 6.04 Å².